The molecular weight excluding hydrogens is 390 g/mol. The minimum absolute atomic E-state index is 0.171. The van der Waals surface area contributed by atoms with Crippen molar-refractivity contribution in [2.75, 3.05) is 18.6 Å². The Morgan fingerprint density at radius 3 is 2.58 bits per heavy atom. The second-order valence-corrected chi connectivity index (χ2v) is 7.42. The van der Waals surface area contributed by atoms with Gasteiger partial charge in [-0.3, -0.25) is 9.69 Å². The Morgan fingerprint density at radius 1 is 1.23 bits per heavy atom. The van der Waals surface area contributed by atoms with Crippen molar-refractivity contribution in [1.82, 2.24) is 0 Å². The van der Waals surface area contributed by atoms with Gasteiger partial charge in [0.1, 0.15) is 11.5 Å². The van der Waals surface area contributed by atoms with Gasteiger partial charge in [-0.2, -0.15) is 0 Å². The van der Waals surface area contributed by atoms with Crippen molar-refractivity contribution in [2.45, 2.75) is 6.92 Å². The van der Waals surface area contributed by atoms with Gasteiger partial charge in [-0.05, 0) is 48.9 Å². The summed E-state index contributed by atoms with van der Waals surface area (Å²) in [6.07, 6.45) is 1.82. The smallest absolute Gasteiger partial charge is 0.270 e. The molecular formula is C19H16ClNO3S2. The number of anilines is 1. The van der Waals surface area contributed by atoms with E-state index in [1.165, 1.54) is 16.7 Å². The molecule has 0 aromatic heterocycles. The van der Waals surface area contributed by atoms with Crippen LogP contribution in [0, 0.1) is 0 Å². The minimum Gasteiger partial charge on any atom is -0.495 e. The van der Waals surface area contributed by atoms with Crippen molar-refractivity contribution < 1.29 is 14.3 Å². The summed E-state index contributed by atoms with van der Waals surface area (Å²) in [7, 11) is 1.54. The van der Waals surface area contributed by atoms with Crippen LogP contribution in [0.25, 0.3) is 6.08 Å². The lowest BCUT2D eigenvalue weighted by molar-refractivity contribution is -0.113. The first-order valence-electron chi connectivity index (χ1n) is 7.88. The molecule has 0 radical (unpaired) electrons. The Morgan fingerprint density at radius 2 is 1.96 bits per heavy atom. The number of rotatable bonds is 5. The van der Waals surface area contributed by atoms with Crippen LogP contribution in [-0.2, 0) is 4.79 Å². The molecule has 1 heterocycles. The van der Waals surface area contributed by atoms with E-state index in [1.807, 2.05) is 37.3 Å². The molecule has 1 fully saturated rings. The standard InChI is InChI=1S/C19H16ClNO3S2/c1-3-24-14-7-4-12(5-8-14)10-17-18(22)21(19(25)26-17)13-6-9-16(23-2)15(20)11-13/h4-11H,3H2,1-2H3/b17-10+. The zero-order valence-corrected chi connectivity index (χ0v) is 16.6. The molecule has 1 saturated heterocycles. The summed E-state index contributed by atoms with van der Waals surface area (Å²) in [5.41, 5.74) is 1.52. The molecule has 0 bridgehead atoms. The molecule has 26 heavy (non-hydrogen) atoms. The van der Waals surface area contributed by atoms with E-state index in [4.69, 9.17) is 33.3 Å². The maximum Gasteiger partial charge on any atom is 0.270 e. The largest absolute Gasteiger partial charge is 0.495 e. The van der Waals surface area contributed by atoms with Crippen LogP contribution >= 0.6 is 35.6 Å². The number of ether oxygens (including phenoxy) is 2. The van der Waals surface area contributed by atoms with Crippen LogP contribution < -0.4 is 14.4 Å². The van der Waals surface area contributed by atoms with Crippen LogP contribution in [0.15, 0.2) is 47.4 Å². The number of benzene rings is 2. The quantitative estimate of drug-likeness (QED) is 0.508. The molecule has 0 spiro atoms. The zero-order valence-electron chi connectivity index (χ0n) is 14.2. The first-order valence-corrected chi connectivity index (χ1v) is 9.48. The lowest BCUT2D eigenvalue weighted by Crippen LogP contribution is -2.27. The summed E-state index contributed by atoms with van der Waals surface area (Å²) < 4.78 is 11.0. The van der Waals surface area contributed by atoms with E-state index in [0.29, 0.717) is 32.3 Å². The average Bonchev–Trinajstić information content (AvgIpc) is 2.90. The lowest BCUT2D eigenvalue weighted by atomic mass is 10.2. The highest BCUT2D eigenvalue weighted by atomic mass is 35.5. The van der Waals surface area contributed by atoms with E-state index in [9.17, 15) is 4.79 Å². The molecule has 7 heteroatoms. The van der Waals surface area contributed by atoms with Gasteiger partial charge in [-0.1, -0.05) is 47.7 Å². The van der Waals surface area contributed by atoms with Crippen molar-refractivity contribution in [3.8, 4) is 11.5 Å². The van der Waals surface area contributed by atoms with Crippen molar-refractivity contribution >= 4 is 57.6 Å². The Kier molecular flexibility index (Phi) is 5.86. The molecule has 1 aliphatic rings. The highest BCUT2D eigenvalue weighted by molar-refractivity contribution is 8.27. The number of hydrogen-bond donors (Lipinski definition) is 0. The van der Waals surface area contributed by atoms with Gasteiger partial charge < -0.3 is 9.47 Å². The van der Waals surface area contributed by atoms with Gasteiger partial charge in [0.15, 0.2) is 4.32 Å². The monoisotopic (exact) mass is 405 g/mol. The number of thioether (sulfide) groups is 1. The van der Waals surface area contributed by atoms with Gasteiger partial charge >= 0.3 is 0 Å². The molecule has 0 unspecified atom stereocenters. The zero-order chi connectivity index (χ0) is 18.7. The number of halogens is 1. The average molecular weight is 406 g/mol. The number of carbonyl (C=O) groups excluding carboxylic acids is 1. The Balaban J connectivity index is 1.85. The first-order chi connectivity index (χ1) is 12.5. The Labute approximate surface area is 166 Å². The van der Waals surface area contributed by atoms with E-state index in [1.54, 1.807) is 25.3 Å². The summed E-state index contributed by atoms with van der Waals surface area (Å²) in [6, 6.07) is 12.7. The van der Waals surface area contributed by atoms with E-state index in [0.717, 1.165) is 11.3 Å². The lowest BCUT2D eigenvalue weighted by Gasteiger charge is -2.15. The number of nitrogens with zero attached hydrogens (tertiary/aromatic N) is 1. The Hall–Kier alpha value is -2.02. The Bertz CT molecular complexity index is 881. The fraction of sp³-hybridized carbons (Fsp3) is 0.158. The van der Waals surface area contributed by atoms with E-state index >= 15 is 0 Å². The second kappa shape index (κ2) is 8.12. The summed E-state index contributed by atoms with van der Waals surface area (Å²) in [4.78, 5) is 14.8. The molecule has 134 valence electrons. The third kappa shape index (κ3) is 3.87. The molecule has 1 aliphatic heterocycles. The third-order valence-electron chi connectivity index (χ3n) is 3.68. The molecule has 3 rings (SSSR count). The second-order valence-electron chi connectivity index (χ2n) is 5.34. The topological polar surface area (TPSA) is 38.8 Å². The van der Waals surface area contributed by atoms with Crippen LogP contribution in [0.3, 0.4) is 0 Å². The van der Waals surface area contributed by atoms with Crippen molar-refractivity contribution in [1.29, 1.82) is 0 Å². The fourth-order valence-corrected chi connectivity index (χ4v) is 4.01. The molecule has 0 N–H and O–H groups in total. The van der Waals surface area contributed by atoms with Crippen LogP contribution in [-0.4, -0.2) is 23.9 Å². The number of thiocarbonyl (C=S) groups is 1. The van der Waals surface area contributed by atoms with Gasteiger partial charge in [0.05, 0.1) is 29.3 Å². The maximum absolute atomic E-state index is 12.8. The first kappa shape index (κ1) is 18.8. The third-order valence-corrected chi connectivity index (χ3v) is 5.27. The highest BCUT2D eigenvalue weighted by Crippen LogP contribution is 2.38. The van der Waals surface area contributed by atoms with Gasteiger partial charge in [-0.15, -0.1) is 0 Å². The van der Waals surface area contributed by atoms with E-state index in [2.05, 4.69) is 0 Å². The number of hydrogen-bond acceptors (Lipinski definition) is 5. The predicted molar refractivity (Wildman–Crippen MR) is 111 cm³/mol. The molecule has 0 atom stereocenters. The fourth-order valence-electron chi connectivity index (χ4n) is 2.46. The van der Waals surface area contributed by atoms with Crippen LogP contribution in [0.1, 0.15) is 12.5 Å². The number of carbonyl (C=O) groups is 1. The molecule has 4 nitrogen and oxygen atoms in total. The summed E-state index contributed by atoms with van der Waals surface area (Å²) >= 11 is 12.8. The highest BCUT2D eigenvalue weighted by Gasteiger charge is 2.33. The normalized spacial score (nSPS) is 15.7. The van der Waals surface area contributed by atoms with Crippen LogP contribution in [0.2, 0.25) is 5.02 Å². The van der Waals surface area contributed by atoms with Gasteiger partial charge in [0.2, 0.25) is 0 Å². The molecule has 2 aromatic carbocycles. The summed E-state index contributed by atoms with van der Waals surface area (Å²) in [5, 5.41) is 0.426. The molecule has 0 saturated carbocycles. The van der Waals surface area contributed by atoms with Crippen molar-refractivity contribution in [3.05, 3.63) is 58.0 Å². The maximum atomic E-state index is 12.8. The molecule has 0 aliphatic carbocycles. The number of amides is 1. The summed E-state index contributed by atoms with van der Waals surface area (Å²) in [5.74, 6) is 1.17. The SMILES string of the molecule is CCOc1ccc(/C=C2/SC(=S)N(c3ccc(OC)c(Cl)c3)C2=O)cc1. The molecule has 2 aromatic rings. The van der Waals surface area contributed by atoms with Gasteiger partial charge in [0.25, 0.3) is 5.91 Å². The van der Waals surface area contributed by atoms with Crippen molar-refractivity contribution in [2.24, 2.45) is 0 Å². The summed E-state index contributed by atoms with van der Waals surface area (Å²) in [6.45, 7) is 2.55. The van der Waals surface area contributed by atoms with Crippen LogP contribution in [0.4, 0.5) is 5.69 Å². The number of methoxy groups -OCH3 is 1. The van der Waals surface area contributed by atoms with Crippen LogP contribution in [0.5, 0.6) is 11.5 Å². The van der Waals surface area contributed by atoms with Crippen molar-refractivity contribution in [3.63, 3.8) is 0 Å². The van der Waals surface area contributed by atoms with E-state index < -0.39 is 0 Å². The molecule has 1 amide bonds. The minimum atomic E-state index is -0.171. The van der Waals surface area contributed by atoms with E-state index in [-0.39, 0.29) is 5.91 Å². The van der Waals surface area contributed by atoms with Gasteiger partial charge in [-0.25, -0.2) is 0 Å². The van der Waals surface area contributed by atoms with Gasteiger partial charge in [0, 0.05) is 0 Å². The predicted octanol–water partition coefficient (Wildman–Crippen LogP) is 5.15.